The van der Waals surface area contributed by atoms with E-state index in [1.165, 1.54) is 11.9 Å². The Hall–Kier alpha value is -3.88. The number of carbonyl (C=O) groups is 4. The molecule has 2 rings (SSSR count). The van der Waals surface area contributed by atoms with Crippen LogP contribution in [-0.4, -0.2) is 59.1 Å². The predicted octanol–water partition coefficient (Wildman–Crippen LogP) is 5.81. The minimum Gasteiger partial charge on any atom is -0.458 e. The van der Waals surface area contributed by atoms with Crippen molar-refractivity contribution in [2.24, 2.45) is 5.92 Å². The van der Waals surface area contributed by atoms with E-state index in [1.807, 2.05) is 76.2 Å². The first-order valence-corrected chi connectivity index (χ1v) is 15.2. The van der Waals surface area contributed by atoms with Crippen LogP contribution >= 0.6 is 0 Å². The number of nitrogens with one attached hydrogen (secondary N) is 2. The van der Waals surface area contributed by atoms with Crippen LogP contribution in [0.2, 0.25) is 0 Å². The second-order valence-electron chi connectivity index (χ2n) is 13.6. The third kappa shape index (κ3) is 11.3. The molecule has 2 N–H and O–H groups in total. The number of esters is 1. The lowest BCUT2D eigenvalue weighted by Gasteiger charge is -2.34. The molecule has 0 aliphatic heterocycles. The van der Waals surface area contributed by atoms with E-state index in [4.69, 9.17) is 9.47 Å². The highest BCUT2D eigenvalue weighted by Gasteiger charge is 2.38. The summed E-state index contributed by atoms with van der Waals surface area (Å²) in [6.07, 6.45) is 0.0805. The number of likely N-dealkylation sites (N-methyl/N-ethyl adjacent to an activating group) is 1. The van der Waals surface area contributed by atoms with Gasteiger partial charge in [0, 0.05) is 13.5 Å². The highest BCUT2D eigenvalue weighted by Crippen LogP contribution is 2.26. The maximum atomic E-state index is 14.2. The molecule has 0 aliphatic carbocycles. The van der Waals surface area contributed by atoms with Crippen molar-refractivity contribution in [1.82, 2.24) is 15.5 Å². The Labute approximate surface area is 263 Å². The zero-order valence-electron chi connectivity index (χ0n) is 28.2. The van der Waals surface area contributed by atoms with Gasteiger partial charge in [-0.2, -0.15) is 0 Å². The highest BCUT2D eigenvalue weighted by molar-refractivity contribution is 5.94. The average Bonchev–Trinajstić information content (AvgIpc) is 2.88. The van der Waals surface area contributed by atoms with E-state index in [9.17, 15) is 19.2 Å². The fraction of sp³-hybridized carbons (Fsp3) is 0.543. The van der Waals surface area contributed by atoms with Crippen LogP contribution in [0.5, 0.6) is 0 Å². The van der Waals surface area contributed by atoms with Gasteiger partial charge in [-0.15, -0.1) is 0 Å². The van der Waals surface area contributed by atoms with Gasteiger partial charge in [-0.1, -0.05) is 79.9 Å². The van der Waals surface area contributed by atoms with E-state index in [0.29, 0.717) is 12.0 Å². The maximum absolute atomic E-state index is 14.2. The minimum absolute atomic E-state index is 0.203. The second kappa shape index (κ2) is 15.2. The summed E-state index contributed by atoms with van der Waals surface area (Å²) in [5.41, 5.74) is 1.73. The van der Waals surface area contributed by atoms with Crippen molar-refractivity contribution in [1.29, 1.82) is 0 Å². The van der Waals surface area contributed by atoms with Crippen molar-refractivity contribution >= 4 is 23.9 Å². The number of ether oxygens (including phenoxy) is 2. The number of nitrogens with zero attached hydrogens (tertiary/aromatic N) is 1. The number of rotatable bonds is 11. The fourth-order valence-electron chi connectivity index (χ4n) is 4.85. The van der Waals surface area contributed by atoms with Crippen molar-refractivity contribution in [2.45, 2.75) is 111 Å². The molecule has 0 radical (unpaired) electrons. The Kier molecular flexibility index (Phi) is 12.6. The maximum Gasteiger partial charge on any atom is 0.408 e. The molecule has 3 amide bonds. The van der Waals surface area contributed by atoms with Gasteiger partial charge in [0.05, 0.1) is 0 Å². The number of amides is 3. The molecule has 0 bridgehead atoms. The zero-order valence-corrected chi connectivity index (χ0v) is 28.2. The van der Waals surface area contributed by atoms with Crippen LogP contribution < -0.4 is 10.6 Å². The van der Waals surface area contributed by atoms with Crippen LogP contribution in [0.4, 0.5) is 4.79 Å². The first-order valence-electron chi connectivity index (χ1n) is 15.2. The van der Waals surface area contributed by atoms with Gasteiger partial charge in [-0.3, -0.25) is 9.59 Å². The average molecular weight is 610 g/mol. The van der Waals surface area contributed by atoms with Crippen molar-refractivity contribution in [3.05, 3.63) is 70.8 Å². The molecule has 2 aromatic carbocycles. The molecule has 0 fully saturated rings. The number of alkyl carbamates (subject to hydrolysis) is 1. The van der Waals surface area contributed by atoms with E-state index in [1.54, 1.807) is 41.5 Å². The predicted molar refractivity (Wildman–Crippen MR) is 172 cm³/mol. The summed E-state index contributed by atoms with van der Waals surface area (Å²) >= 11 is 0. The van der Waals surface area contributed by atoms with Crippen LogP contribution in [0.1, 0.15) is 90.1 Å². The van der Waals surface area contributed by atoms with Gasteiger partial charge in [-0.25, -0.2) is 9.59 Å². The summed E-state index contributed by atoms with van der Waals surface area (Å²) < 4.78 is 11.1. The van der Waals surface area contributed by atoms with Crippen molar-refractivity contribution < 1.29 is 28.7 Å². The molecule has 44 heavy (non-hydrogen) atoms. The molecule has 0 saturated carbocycles. The summed E-state index contributed by atoms with van der Waals surface area (Å²) in [5.74, 6) is -1.83. The summed E-state index contributed by atoms with van der Waals surface area (Å²) in [4.78, 5) is 55.8. The van der Waals surface area contributed by atoms with Crippen molar-refractivity contribution in [3.8, 4) is 0 Å². The largest absolute Gasteiger partial charge is 0.458 e. The molecule has 0 aliphatic rings. The smallest absolute Gasteiger partial charge is 0.408 e. The van der Waals surface area contributed by atoms with Crippen LogP contribution in [-0.2, 0) is 30.3 Å². The SMILES string of the molecule is CCC(C)C(NC(=O)OC(C)(C)C)C(=O)N(C)C(C(=O)NC(Cc1ccccc1)C(=O)OC(C)(C)C)c1cc(C)cc(C)c1. The fourth-order valence-corrected chi connectivity index (χ4v) is 4.85. The topological polar surface area (TPSA) is 114 Å². The minimum atomic E-state index is -1.10. The summed E-state index contributed by atoms with van der Waals surface area (Å²) in [5, 5.41) is 5.63. The molecule has 0 saturated heterocycles. The quantitative estimate of drug-likeness (QED) is 0.311. The van der Waals surface area contributed by atoms with E-state index < -0.39 is 53.2 Å². The van der Waals surface area contributed by atoms with Gasteiger partial charge in [0.1, 0.15) is 29.3 Å². The number of aryl methyl sites for hydroxylation is 2. The lowest BCUT2D eigenvalue weighted by molar-refractivity contribution is -0.159. The standard InChI is InChI=1S/C35H51N3O6/c1-12-24(4)28(37-33(42)44-35(8,9)10)31(40)38(11)29(26-19-22(2)18-23(3)20-26)30(39)36-27(32(41)43-34(5,6)7)21-25-16-14-13-15-17-25/h13-20,24,27-29H,12,21H2,1-11H3,(H,36,39)(H,37,42). The molecule has 9 nitrogen and oxygen atoms in total. The highest BCUT2D eigenvalue weighted by atomic mass is 16.6. The van der Waals surface area contributed by atoms with Crippen LogP contribution in [0, 0.1) is 19.8 Å². The zero-order chi connectivity index (χ0) is 33.4. The van der Waals surface area contributed by atoms with E-state index >= 15 is 0 Å². The molecule has 242 valence electrons. The normalized spacial score (nSPS) is 14.4. The van der Waals surface area contributed by atoms with E-state index in [2.05, 4.69) is 10.6 Å². The molecular formula is C35H51N3O6. The number of hydrogen-bond donors (Lipinski definition) is 2. The van der Waals surface area contributed by atoms with Crippen LogP contribution in [0.25, 0.3) is 0 Å². The van der Waals surface area contributed by atoms with Gasteiger partial charge < -0.3 is 25.0 Å². The van der Waals surface area contributed by atoms with Crippen molar-refractivity contribution in [2.75, 3.05) is 7.05 Å². The molecule has 0 heterocycles. The molecule has 4 atom stereocenters. The van der Waals surface area contributed by atoms with Gasteiger partial charge in [0.25, 0.3) is 0 Å². The molecule has 9 heteroatoms. The third-order valence-corrected chi connectivity index (χ3v) is 6.98. The molecule has 4 unspecified atom stereocenters. The lowest BCUT2D eigenvalue weighted by Crippen LogP contribution is -2.55. The Bertz CT molecular complexity index is 1280. The number of benzene rings is 2. The Morgan fingerprint density at radius 3 is 1.89 bits per heavy atom. The molecule has 0 aromatic heterocycles. The van der Waals surface area contributed by atoms with E-state index in [-0.39, 0.29) is 12.3 Å². The van der Waals surface area contributed by atoms with Gasteiger partial charge >= 0.3 is 12.1 Å². The van der Waals surface area contributed by atoms with Crippen molar-refractivity contribution in [3.63, 3.8) is 0 Å². The Morgan fingerprint density at radius 2 is 1.39 bits per heavy atom. The summed E-state index contributed by atoms with van der Waals surface area (Å²) in [7, 11) is 1.54. The van der Waals surface area contributed by atoms with Gasteiger partial charge in [0.2, 0.25) is 11.8 Å². The van der Waals surface area contributed by atoms with Gasteiger partial charge in [0.15, 0.2) is 0 Å². The number of hydrogen-bond acceptors (Lipinski definition) is 6. The molecule has 0 spiro atoms. The monoisotopic (exact) mass is 609 g/mol. The van der Waals surface area contributed by atoms with Gasteiger partial charge in [-0.05, 0) is 72.4 Å². The van der Waals surface area contributed by atoms with Crippen LogP contribution in [0.3, 0.4) is 0 Å². The Morgan fingerprint density at radius 1 is 0.841 bits per heavy atom. The third-order valence-electron chi connectivity index (χ3n) is 6.98. The second-order valence-corrected chi connectivity index (χ2v) is 13.6. The van der Waals surface area contributed by atoms with E-state index in [0.717, 1.165) is 16.7 Å². The van der Waals surface area contributed by atoms with Crippen LogP contribution in [0.15, 0.2) is 48.5 Å². The summed E-state index contributed by atoms with van der Waals surface area (Å²) in [6.45, 7) is 18.2. The number of carbonyl (C=O) groups excluding carboxylic acids is 4. The molecule has 2 aromatic rings. The molecular weight excluding hydrogens is 558 g/mol. The summed E-state index contributed by atoms with van der Waals surface area (Å²) in [6, 6.07) is 12.0. The lowest BCUT2D eigenvalue weighted by atomic mass is 9.95. The first-order chi connectivity index (χ1) is 20.3. The Balaban J connectivity index is 2.53. The first kappa shape index (κ1) is 36.3.